The summed E-state index contributed by atoms with van der Waals surface area (Å²) in [6.45, 7) is -0.270. The van der Waals surface area contributed by atoms with Crippen molar-refractivity contribution in [3.63, 3.8) is 0 Å². The van der Waals surface area contributed by atoms with Crippen molar-refractivity contribution in [3.8, 4) is 6.07 Å². The van der Waals surface area contributed by atoms with Crippen molar-refractivity contribution >= 4 is 17.7 Å². The van der Waals surface area contributed by atoms with Gasteiger partial charge in [-0.25, -0.2) is 5.11 Å². The molecule has 17 heavy (non-hydrogen) atoms. The summed E-state index contributed by atoms with van der Waals surface area (Å²) in [5, 5.41) is 18.8. The predicted molar refractivity (Wildman–Crippen MR) is 64.7 cm³/mol. The molecule has 0 N–H and O–H groups in total. The summed E-state index contributed by atoms with van der Waals surface area (Å²) in [6, 6.07) is 9.04. The van der Waals surface area contributed by atoms with Crippen molar-refractivity contribution in [3.05, 3.63) is 35.9 Å². The van der Waals surface area contributed by atoms with E-state index in [1.807, 2.05) is 12.1 Å². The van der Waals surface area contributed by atoms with E-state index in [2.05, 4.69) is 0 Å². The molecule has 4 heteroatoms. The standard InChI is InChI=1S/C13H13N2O2/c1-15(13(17)7-8-14)12-6-2-4-11(10-12)5-3-9-16/h2-6,10H,7,9H2,1H3. The Morgan fingerprint density at radius 3 is 2.94 bits per heavy atom. The van der Waals surface area contributed by atoms with Gasteiger partial charge in [-0.15, -0.1) is 0 Å². The first-order chi connectivity index (χ1) is 8.19. The van der Waals surface area contributed by atoms with Gasteiger partial charge >= 0.3 is 0 Å². The number of carbonyl (C=O) groups is 1. The van der Waals surface area contributed by atoms with Crippen molar-refractivity contribution < 1.29 is 9.90 Å². The van der Waals surface area contributed by atoms with Gasteiger partial charge in [-0.2, -0.15) is 5.26 Å². The zero-order chi connectivity index (χ0) is 12.7. The van der Waals surface area contributed by atoms with Crippen molar-refractivity contribution in [1.82, 2.24) is 0 Å². The highest BCUT2D eigenvalue weighted by molar-refractivity contribution is 5.94. The molecule has 0 fully saturated rings. The fourth-order valence-electron chi connectivity index (χ4n) is 1.35. The van der Waals surface area contributed by atoms with E-state index < -0.39 is 0 Å². The minimum atomic E-state index is -0.270. The Balaban J connectivity index is 2.88. The highest BCUT2D eigenvalue weighted by Crippen LogP contribution is 2.16. The van der Waals surface area contributed by atoms with Crippen LogP contribution in [-0.2, 0) is 9.90 Å². The molecule has 0 saturated heterocycles. The number of anilines is 1. The molecule has 1 aromatic rings. The van der Waals surface area contributed by atoms with Gasteiger partial charge in [0.25, 0.3) is 0 Å². The molecule has 0 heterocycles. The van der Waals surface area contributed by atoms with Gasteiger partial charge in [-0.05, 0) is 17.7 Å². The van der Waals surface area contributed by atoms with Crippen LogP contribution in [0.1, 0.15) is 12.0 Å². The Bertz CT molecular complexity index is 461. The van der Waals surface area contributed by atoms with Crippen molar-refractivity contribution in [2.45, 2.75) is 6.42 Å². The molecular weight excluding hydrogens is 216 g/mol. The first-order valence-electron chi connectivity index (χ1n) is 5.17. The highest BCUT2D eigenvalue weighted by atomic mass is 16.2. The van der Waals surface area contributed by atoms with E-state index >= 15 is 0 Å². The maximum Gasteiger partial charge on any atom is 0.240 e. The average Bonchev–Trinajstić information content (AvgIpc) is 2.36. The van der Waals surface area contributed by atoms with Crippen molar-refractivity contribution in [2.75, 3.05) is 18.6 Å². The Morgan fingerprint density at radius 1 is 1.53 bits per heavy atom. The van der Waals surface area contributed by atoms with Crippen LogP contribution in [0.3, 0.4) is 0 Å². The van der Waals surface area contributed by atoms with Gasteiger partial charge in [0.1, 0.15) is 13.0 Å². The number of nitrogens with zero attached hydrogens (tertiary/aromatic N) is 2. The van der Waals surface area contributed by atoms with E-state index in [9.17, 15) is 9.90 Å². The van der Waals surface area contributed by atoms with E-state index in [0.717, 1.165) is 5.56 Å². The summed E-state index contributed by atoms with van der Waals surface area (Å²) in [5.41, 5.74) is 1.56. The van der Waals surface area contributed by atoms with Crippen LogP contribution >= 0.6 is 0 Å². The Hall–Kier alpha value is -2.12. The molecule has 0 aliphatic carbocycles. The minimum absolute atomic E-state index is 0.142. The first kappa shape index (κ1) is 12.9. The quantitative estimate of drug-likeness (QED) is 0.792. The molecule has 1 amide bonds. The molecule has 0 spiro atoms. The lowest BCUT2D eigenvalue weighted by Crippen LogP contribution is -2.25. The van der Waals surface area contributed by atoms with Gasteiger partial charge in [0.2, 0.25) is 5.91 Å². The third-order valence-corrected chi connectivity index (χ3v) is 2.27. The van der Waals surface area contributed by atoms with Crippen molar-refractivity contribution in [2.24, 2.45) is 0 Å². The zero-order valence-electron chi connectivity index (χ0n) is 9.59. The summed E-state index contributed by atoms with van der Waals surface area (Å²) in [6.07, 6.45) is 3.08. The van der Waals surface area contributed by atoms with E-state index in [4.69, 9.17) is 5.26 Å². The van der Waals surface area contributed by atoms with Crippen molar-refractivity contribution in [1.29, 1.82) is 5.26 Å². The van der Waals surface area contributed by atoms with Crippen LogP contribution < -0.4 is 4.90 Å². The number of amides is 1. The van der Waals surface area contributed by atoms with E-state index in [1.54, 1.807) is 31.3 Å². The third kappa shape index (κ3) is 3.74. The molecule has 0 unspecified atom stereocenters. The number of hydrogen-bond donors (Lipinski definition) is 0. The SMILES string of the molecule is CN(C(=O)CC#N)c1cccc(C=CC[O])c1. The first-order valence-corrected chi connectivity index (χ1v) is 5.17. The Kier molecular flexibility index (Phi) is 4.92. The van der Waals surface area contributed by atoms with E-state index in [0.29, 0.717) is 5.69 Å². The number of rotatable bonds is 4. The summed E-state index contributed by atoms with van der Waals surface area (Å²) < 4.78 is 0. The molecule has 1 radical (unpaired) electrons. The molecule has 0 aromatic heterocycles. The molecule has 1 rings (SSSR count). The second kappa shape index (κ2) is 6.46. The van der Waals surface area contributed by atoms with E-state index in [1.165, 1.54) is 11.0 Å². The molecule has 0 saturated carbocycles. The number of carbonyl (C=O) groups excluding carboxylic acids is 1. The summed E-state index contributed by atoms with van der Waals surface area (Å²) >= 11 is 0. The van der Waals surface area contributed by atoms with Gasteiger partial charge in [-0.3, -0.25) is 4.79 Å². The fraction of sp³-hybridized carbons (Fsp3) is 0.231. The van der Waals surface area contributed by atoms with Crippen LogP contribution in [0.25, 0.3) is 6.08 Å². The largest absolute Gasteiger partial charge is 0.315 e. The molecule has 0 atom stereocenters. The van der Waals surface area contributed by atoms with E-state index in [-0.39, 0.29) is 18.9 Å². The van der Waals surface area contributed by atoms with Gasteiger partial charge in [0, 0.05) is 12.7 Å². The number of nitriles is 1. The smallest absolute Gasteiger partial charge is 0.240 e. The minimum Gasteiger partial charge on any atom is -0.315 e. The summed E-state index contributed by atoms with van der Waals surface area (Å²) in [4.78, 5) is 12.9. The van der Waals surface area contributed by atoms with Gasteiger partial charge in [-0.1, -0.05) is 24.3 Å². The monoisotopic (exact) mass is 229 g/mol. The maximum absolute atomic E-state index is 11.5. The molecule has 1 aromatic carbocycles. The molecule has 87 valence electrons. The normalized spacial score (nSPS) is 10.2. The third-order valence-electron chi connectivity index (χ3n) is 2.27. The van der Waals surface area contributed by atoms with Crippen LogP contribution in [0.4, 0.5) is 5.69 Å². The second-order valence-electron chi connectivity index (χ2n) is 3.45. The maximum atomic E-state index is 11.5. The molecule has 0 aliphatic heterocycles. The highest BCUT2D eigenvalue weighted by Gasteiger charge is 2.09. The molecule has 0 aliphatic rings. The fourth-order valence-corrected chi connectivity index (χ4v) is 1.35. The molecular formula is C13H13N2O2. The lowest BCUT2D eigenvalue weighted by atomic mass is 10.1. The van der Waals surface area contributed by atoms with Crippen LogP contribution in [0.5, 0.6) is 0 Å². The number of hydrogen-bond acceptors (Lipinski definition) is 2. The lowest BCUT2D eigenvalue weighted by molar-refractivity contribution is -0.117. The molecule has 0 bridgehead atoms. The Labute approximate surface area is 100 Å². The van der Waals surface area contributed by atoms with Crippen LogP contribution in [0.15, 0.2) is 30.3 Å². The Morgan fingerprint density at radius 2 is 2.29 bits per heavy atom. The van der Waals surface area contributed by atoms with Crippen LogP contribution in [-0.4, -0.2) is 19.6 Å². The van der Waals surface area contributed by atoms with Gasteiger partial charge in [0.05, 0.1) is 6.07 Å². The summed E-state index contributed by atoms with van der Waals surface area (Å²) in [5.74, 6) is -0.252. The average molecular weight is 229 g/mol. The van der Waals surface area contributed by atoms with Crippen LogP contribution in [0.2, 0.25) is 0 Å². The summed E-state index contributed by atoms with van der Waals surface area (Å²) in [7, 11) is 1.62. The van der Waals surface area contributed by atoms with Crippen LogP contribution in [0, 0.1) is 11.3 Å². The van der Waals surface area contributed by atoms with Gasteiger partial charge in [0.15, 0.2) is 0 Å². The lowest BCUT2D eigenvalue weighted by Gasteiger charge is -2.16. The zero-order valence-corrected chi connectivity index (χ0v) is 9.59. The van der Waals surface area contributed by atoms with Gasteiger partial charge < -0.3 is 4.90 Å². The number of benzene rings is 1. The topological polar surface area (TPSA) is 64.0 Å². The second-order valence-corrected chi connectivity index (χ2v) is 3.45. The predicted octanol–water partition coefficient (Wildman–Crippen LogP) is 2.01. The molecule has 4 nitrogen and oxygen atoms in total.